The van der Waals surface area contributed by atoms with Crippen molar-refractivity contribution in [2.75, 3.05) is 72.2 Å². The Morgan fingerprint density at radius 1 is 0.409 bits per heavy atom. The number of nitrogens with zero attached hydrogens (tertiary/aromatic N) is 1. The lowest BCUT2D eigenvalue weighted by molar-refractivity contribution is -0.292. The van der Waals surface area contributed by atoms with Crippen LogP contribution in [-0.4, -0.2) is 309 Å². The van der Waals surface area contributed by atoms with Crippen LogP contribution in [0.4, 0.5) is 0 Å². The summed E-state index contributed by atoms with van der Waals surface area (Å²) in [6.45, 7) is 3.50. The monoisotopic (exact) mass is 1270 g/mol. The van der Waals surface area contributed by atoms with Crippen molar-refractivity contribution < 1.29 is 128 Å². The summed E-state index contributed by atoms with van der Waals surface area (Å²) < 4.78 is 43.8. The van der Waals surface area contributed by atoms with Gasteiger partial charge >= 0.3 is 0 Å². The number of hydrogen-bond acceptors (Lipinski definition) is 28. The predicted octanol–water partition coefficient (Wildman–Crippen LogP) is -9.06. The van der Waals surface area contributed by atoms with Gasteiger partial charge in [0.05, 0.1) is 76.0 Å². The topological polar surface area (TPSA) is 534 Å². The fourth-order valence-electron chi connectivity index (χ4n) is 10.1. The molecule has 4 heterocycles. The third-order valence-electron chi connectivity index (χ3n) is 15.7. The average molecular weight is 1280 g/mol. The average Bonchev–Trinajstić information content (AvgIpc) is 2.84. The van der Waals surface area contributed by atoms with Crippen LogP contribution in [0.25, 0.3) is 0 Å². The highest BCUT2D eigenvalue weighted by atomic mass is 16.7. The molecular formula is C54H98N8O26. The summed E-state index contributed by atoms with van der Waals surface area (Å²) in [5.74, 6) is -3.97. The van der Waals surface area contributed by atoms with Crippen LogP contribution < -0.4 is 38.1 Å². The summed E-state index contributed by atoms with van der Waals surface area (Å²) in [5.41, 5.74) is 11.9. The highest BCUT2D eigenvalue weighted by molar-refractivity contribution is 5.86. The van der Waals surface area contributed by atoms with Crippen LogP contribution in [-0.2, 0) is 66.7 Å². The zero-order chi connectivity index (χ0) is 65.4. The summed E-state index contributed by atoms with van der Waals surface area (Å²) in [4.78, 5) is 80.5. The van der Waals surface area contributed by atoms with E-state index < -0.39 is 183 Å². The lowest BCUT2D eigenvalue weighted by atomic mass is 9.94. The number of aliphatic hydroxyl groups excluding tert-OH is 12. The Bertz CT molecular complexity index is 2060. The number of rotatable bonds is 38. The van der Waals surface area contributed by atoms with E-state index in [1.807, 2.05) is 0 Å². The van der Waals surface area contributed by atoms with E-state index in [1.165, 1.54) is 32.6 Å². The van der Waals surface area contributed by atoms with Gasteiger partial charge in [0, 0.05) is 45.1 Å². The first-order chi connectivity index (χ1) is 41.6. The summed E-state index contributed by atoms with van der Waals surface area (Å²) in [5, 5.41) is 135. The molecular weight excluding hydrogens is 1180 g/mol. The Labute approximate surface area is 510 Å². The van der Waals surface area contributed by atoms with Crippen molar-refractivity contribution in [3.05, 3.63) is 0 Å². The highest BCUT2D eigenvalue weighted by Gasteiger charge is 2.46. The molecule has 88 heavy (non-hydrogen) atoms. The zero-order valence-corrected chi connectivity index (χ0v) is 50.3. The third kappa shape index (κ3) is 24.2. The SMILES string of the molecule is C[C@@H]1O[C@@H](OCCNC(=O)CCCC(CCCC[C@H](N)C(=O)NCCCC[C@@H](C(=O)NCCO[C@@H]2O[C@@H](C)[C@@H](O)[C@@H](O)[C@@H]2O)N(CC(=O)NCCO[C@@H]2O[C@@H](C)[C@@H](O)[C@@H](O)[C@@H]2O)CC(=O)NCCO[C@@H]2O[C@@H](C)[C@@H](O)[C@@H](O)[C@@H]2O)C(N)=O)[C@@H](O)[C@H](O)[C@@H]1O. The first-order valence-corrected chi connectivity index (χ1v) is 30.0. The molecule has 0 spiro atoms. The minimum atomic E-state index is -1.63. The number of hydrogen-bond donors (Lipinski definition) is 19. The summed E-state index contributed by atoms with van der Waals surface area (Å²) >= 11 is 0. The fraction of sp³-hybridized carbons (Fsp3) is 0.889. The first kappa shape index (κ1) is 76.4. The number of ether oxygens (including phenoxy) is 8. The number of aliphatic hydroxyl groups is 12. The van der Waals surface area contributed by atoms with Crippen molar-refractivity contribution in [2.24, 2.45) is 17.4 Å². The fourth-order valence-corrected chi connectivity index (χ4v) is 10.1. The van der Waals surface area contributed by atoms with Crippen LogP contribution in [0.5, 0.6) is 0 Å². The Hall–Kier alpha value is -4.06. The Balaban J connectivity index is 1.31. The number of carbonyl (C=O) groups is 6. The van der Waals surface area contributed by atoms with E-state index in [1.54, 1.807) is 0 Å². The second-order valence-electron chi connectivity index (χ2n) is 22.6. The Morgan fingerprint density at radius 3 is 1.12 bits per heavy atom. The summed E-state index contributed by atoms with van der Waals surface area (Å²) in [6.07, 6.45) is -23.9. The molecule has 0 radical (unpaired) electrons. The van der Waals surface area contributed by atoms with E-state index in [-0.39, 0.29) is 97.2 Å². The van der Waals surface area contributed by atoms with Gasteiger partial charge in [-0.3, -0.25) is 33.7 Å². The second-order valence-corrected chi connectivity index (χ2v) is 22.6. The van der Waals surface area contributed by atoms with Crippen LogP contribution in [0.2, 0.25) is 0 Å². The maximum absolute atomic E-state index is 14.2. The van der Waals surface area contributed by atoms with E-state index in [0.29, 0.717) is 32.1 Å². The van der Waals surface area contributed by atoms with Crippen LogP contribution in [0.3, 0.4) is 0 Å². The number of carbonyl (C=O) groups excluding carboxylic acids is 6. The van der Waals surface area contributed by atoms with Gasteiger partial charge in [-0.15, -0.1) is 0 Å². The molecule has 6 amide bonds. The van der Waals surface area contributed by atoms with Gasteiger partial charge < -0.3 is 137 Å². The molecule has 4 saturated heterocycles. The molecule has 0 aliphatic carbocycles. The molecule has 0 aromatic carbocycles. The molecule has 4 aliphatic rings. The number of unbranched alkanes of at least 4 members (excludes halogenated alkanes) is 2. The molecule has 21 N–H and O–H groups in total. The molecule has 0 bridgehead atoms. The zero-order valence-electron chi connectivity index (χ0n) is 50.3. The third-order valence-corrected chi connectivity index (χ3v) is 15.7. The van der Waals surface area contributed by atoms with Gasteiger partial charge in [-0.05, 0) is 72.6 Å². The van der Waals surface area contributed by atoms with Gasteiger partial charge in [-0.1, -0.05) is 12.8 Å². The number of primary amides is 1. The summed E-state index contributed by atoms with van der Waals surface area (Å²) in [6, 6.07) is -2.17. The van der Waals surface area contributed by atoms with Crippen molar-refractivity contribution in [1.82, 2.24) is 31.5 Å². The Kier molecular flexibility index (Phi) is 33.6. The van der Waals surface area contributed by atoms with Crippen molar-refractivity contribution in [2.45, 2.75) is 227 Å². The standard InChI is InChI=1S/C54H98N8O26/c1-26-36(66)40(70)44(74)51(85-26)81-20-16-57-33(63)14-9-11-30(48(56)78)10-5-6-12-31(55)49(79)60-15-8-7-13-32(50(80)61-19-23-84-54-47(77)43(73)39(69)29(4)88-54)62(24-34(64)58-17-21-82-52-45(75)41(71)37(67)27(2)86-52)25-35(65)59-18-22-83-53-46(76)42(72)38(68)28(3)87-53/h26-32,36-47,51-54,66-77H,5-25,55H2,1-4H3,(H2,56,78)(H,57,63)(H,58,64)(H,59,65)(H,60,79)(H,61,80)/t26-,27-,28-,29-,30?,31-,32-,36+,37+,38+,39+,40+,41+,42+,43+,44-,45-,46-,47-,51+,52+,53+,54+/m0/s1. The van der Waals surface area contributed by atoms with Gasteiger partial charge in [0.2, 0.25) is 35.4 Å². The van der Waals surface area contributed by atoms with Gasteiger partial charge in [0.1, 0.15) is 73.2 Å². The highest BCUT2D eigenvalue weighted by Crippen LogP contribution is 2.26. The molecule has 4 fully saturated rings. The van der Waals surface area contributed by atoms with Crippen LogP contribution in [0, 0.1) is 5.92 Å². The largest absolute Gasteiger partial charge is 0.388 e. The minimum Gasteiger partial charge on any atom is -0.388 e. The first-order valence-electron chi connectivity index (χ1n) is 30.0. The molecule has 0 aromatic heterocycles. The van der Waals surface area contributed by atoms with Gasteiger partial charge in [0.25, 0.3) is 0 Å². The quantitative estimate of drug-likeness (QED) is 0.0255. The number of nitrogens with one attached hydrogen (secondary N) is 5. The minimum absolute atomic E-state index is 0.0124. The van der Waals surface area contributed by atoms with Crippen molar-refractivity contribution in [3.8, 4) is 0 Å². The van der Waals surface area contributed by atoms with E-state index in [0.717, 1.165) is 0 Å². The Morgan fingerprint density at radius 2 is 0.739 bits per heavy atom. The van der Waals surface area contributed by atoms with Gasteiger partial charge in [-0.25, -0.2) is 0 Å². The molecule has 4 rings (SSSR count). The van der Waals surface area contributed by atoms with E-state index in [4.69, 9.17) is 49.4 Å². The molecule has 510 valence electrons. The smallest absolute Gasteiger partial charge is 0.237 e. The van der Waals surface area contributed by atoms with Crippen LogP contribution in [0.15, 0.2) is 0 Å². The molecule has 34 nitrogen and oxygen atoms in total. The molecule has 0 aromatic rings. The van der Waals surface area contributed by atoms with E-state index in [2.05, 4.69) is 26.6 Å². The normalized spacial score (nSPS) is 33.6. The number of nitrogens with two attached hydrogens (primary N) is 2. The molecule has 0 saturated carbocycles. The van der Waals surface area contributed by atoms with Crippen LogP contribution in [0.1, 0.15) is 91.9 Å². The molecule has 1 unspecified atom stereocenters. The maximum atomic E-state index is 14.2. The maximum Gasteiger partial charge on any atom is 0.237 e. The molecule has 4 aliphatic heterocycles. The summed E-state index contributed by atoms with van der Waals surface area (Å²) in [7, 11) is 0. The lowest BCUT2D eigenvalue weighted by Crippen LogP contribution is -2.58. The van der Waals surface area contributed by atoms with Crippen molar-refractivity contribution in [1.29, 1.82) is 0 Å². The van der Waals surface area contributed by atoms with Gasteiger partial charge in [0.15, 0.2) is 25.2 Å². The van der Waals surface area contributed by atoms with Crippen molar-refractivity contribution >= 4 is 35.4 Å². The molecule has 34 heteroatoms. The lowest BCUT2D eigenvalue weighted by Gasteiger charge is -2.39. The number of amides is 6. The van der Waals surface area contributed by atoms with E-state index in [9.17, 15) is 90.0 Å². The van der Waals surface area contributed by atoms with Gasteiger partial charge in [-0.2, -0.15) is 0 Å². The second kappa shape index (κ2) is 38.7. The molecule has 23 atom stereocenters. The predicted molar refractivity (Wildman–Crippen MR) is 300 cm³/mol. The van der Waals surface area contributed by atoms with Crippen LogP contribution >= 0.6 is 0 Å². The van der Waals surface area contributed by atoms with E-state index >= 15 is 0 Å². The van der Waals surface area contributed by atoms with Crippen molar-refractivity contribution in [3.63, 3.8) is 0 Å².